The Morgan fingerprint density at radius 2 is 1.83 bits per heavy atom. The number of aromatic hydroxyl groups is 1. The number of thiophene rings is 1. The van der Waals surface area contributed by atoms with Crippen molar-refractivity contribution in [1.82, 2.24) is 4.31 Å². The van der Waals surface area contributed by atoms with E-state index in [0.29, 0.717) is 6.42 Å². The van der Waals surface area contributed by atoms with Crippen LogP contribution < -0.4 is 0 Å². The molecule has 2 aromatic carbocycles. The summed E-state index contributed by atoms with van der Waals surface area (Å²) >= 11 is 13.4. The number of hydrogen-bond donors (Lipinski definition) is 1. The van der Waals surface area contributed by atoms with Gasteiger partial charge < -0.3 is 5.11 Å². The monoisotopic (exact) mass is 469 g/mol. The summed E-state index contributed by atoms with van der Waals surface area (Å²) in [6, 6.07) is 12.4. The van der Waals surface area contributed by atoms with Gasteiger partial charge in [0, 0.05) is 23.0 Å². The summed E-state index contributed by atoms with van der Waals surface area (Å²) in [4.78, 5) is 0.618. The minimum absolute atomic E-state index is 0.0960. The fourth-order valence-corrected chi connectivity index (χ4v) is 5.92. The molecule has 0 amide bonds. The van der Waals surface area contributed by atoms with Crippen molar-refractivity contribution in [3.63, 3.8) is 0 Å². The Kier molecular flexibility index (Phi) is 6.91. The number of sulfonamides is 1. The smallest absolute Gasteiger partial charge is 0.247 e. The molecule has 0 spiro atoms. The molecule has 0 saturated heterocycles. The van der Waals surface area contributed by atoms with Gasteiger partial charge in [-0.15, -0.1) is 11.3 Å². The van der Waals surface area contributed by atoms with Gasteiger partial charge in [0.25, 0.3) is 0 Å². The minimum atomic E-state index is -4.02. The third-order valence-electron chi connectivity index (χ3n) is 4.74. The molecule has 4 nitrogen and oxygen atoms in total. The molecule has 0 atom stereocenters. The molecule has 0 saturated carbocycles. The van der Waals surface area contributed by atoms with Crippen molar-refractivity contribution < 1.29 is 13.5 Å². The first kappa shape index (κ1) is 22.1. The van der Waals surface area contributed by atoms with Crippen molar-refractivity contribution >= 4 is 44.6 Å². The number of phenolic OH excluding ortho intramolecular Hbond substituents is 1. The molecule has 29 heavy (non-hydrogen) atoms. The van der Waals surface area contributed by atoms with E-state index in [9.17, 15) is 13.5 Å². The molecule has 0 aliphatic rings. The first-order chi connectivity index (χ1) is 13.7. The van der Waals surface area contributed by atoms with E-state index in [1.165, 1.54) is 33.3 Å². The standard InChI is InChI=1S/C21H21Cl2NO3S2/c1-14-5-6-16(10-15(14)2)7-8-24(13-18-4-3-9-28-18)29(26,27)20-12-17(22)11-19(23)21(20)25/h3-6,9-12,25H,7-8,13H2,1-2H3. The lowest BCUT2D eigenvalue weighted by Crippen LogP contribution is -2.32. The number of aryl methyl sites for hydroxylation is 2. The molecule has 1 aromatic heterocycles. The first-order valence-corrected chi connectivity index (χ1v) is 12.0. The number of halogens is 2. The van der Waals surface area contributed by atoms with E-state index in [0.717, 1.165) is 16.0 Å². The molecule has 0 fully saturated rings. The Labute approximate surface area is 185 Å². The Balaban J connectivity index is 1.95. The highest BCUT2D eigenvalue weighted by atomic mass is 35.5. The van der Waals surface area contributed by atoms with Gasteiger partial charge in [0.1, 0.15) is 4.90 Å². The van der Waals surface area contributed by atoms with Crippen LogP contribution in [0.15, 0.2) is 52.7 Å². The summed E-state index contributed by atoms with van der Waals surface area (Å²) in [5, 5.41) is 12.2. The molecule has 0 unspecified atom stereocenters. The summed E-state index contributed by atoms with van der Waals surface area (Å²) in [6.45, 7) is 4.53. The average Bonchev–Trinajstić information content (AvgIpc) is 3.17. The highest BCUT2D eigenvalue weighted by Crippen LogP contribution is 2.36. The zero-order chi connectivity index (χ0) is 21.2. The van der Waals surface area contributed by atoms with Crippen LogP contribution in [0.2, 0.25) is 10.0 Å². The molecule has 0 aliphatic carbocycles. The molecule has 3 rings (SSSR count). The van der Waals surface area contributed by atoms with Gasteiger partial charge in [0.2, 0.25) is 10.0 Å². The van der Waals surface area contributed by atoms with Crippen molar-refractivity contribution in [3.05, 3.63) is 79.5 Å². The number of rotatable bonds is 7. The lowest BCUT2D eigenvalue weighted by molar-refractivity contribution is 0.404. The van der Waals surface area contributed by atoms with Crippen LogP contribution in [0.5, 0.6) is 5.75 Å². The van der Waals surface area contributed by atoms with Crippen LogP contribution in [0.3, 0.4) is 0 Å². The Morgan fingerprint density at radius 1 is 1.07 bits per heavy atom. The van der Waals surface area contributed by atoms with E-state index >= 15 is 0 Å². The van der Waals surface area contributed by atoms with Crippen LogP contribution in [-0.2, 0) is 23.0 Å². The zero-order valence-corrected chi connectivity index (χ0v) is 19.2. The van der Waals surface area contributed by atoms with Crippen LogP contribution in [0.1, 0.15) is 21.6 Å². The third-order valence-corrected chi connectivity index (χ3v) is 7.97. The highest BCUT2D eigenvalue weighted by molar-refractivity contribution is 7.89. The summed E-state index contributed by atoms with van der Waals surface area (Å²) < 4.78 is 28.1. The Hall–Kier alpha value is -1.57. The third kappa shape index (κ3) is 5.13. The number of nitrogens with zero attached hydrogens (tertiary/aromatic N) is 1. The van der Waals surface area contributed by atoms with Gasteiger partial charge in [-0.3, -0.25) is 0 Å². The second-order valence-corrected chi connectivity index (χ2v) is 10.6. The zero-order valence-electron chi connectivity index (χ0n) is 16.0. The van der Waals surface area contributed by atoms with Crippen LogP contribution >= 0.6 is 34.5 Å². The molecule has 154 valence electrons. The molecule has 0 radical (unpaired) electrons. The van der Waals surface area contributed by atoms with E-state index in [-0.39, 0.29) is 28.0 Å². The van der Waals surface area contributed by atoms with Gasteiger partial charge in [0.05, 0.1) is 5.02 Å². The van der Waals surface area contributed by atoms with Crippen molar-refractivity contribution in [2.24, 2.45) is 0 Å². The lowest BCUT2D eigenvalue weighted by atomic mass is 10.0. The van der Waals surface area contributed by atoms with Crippen molar-refractivity contribution in [2.75, 3.05) is 6.54 Å². The van der Waals surface area contributed by atoms with E-state index in [1.807, 2.05) is 43.5 Å². The molecule has 1 N–H and O–H groups in total. The summed E-state index contributed by atoms with van der Waals surface area (Å²) in [5.74, 6) is -0.488. The highest BCUT2D eigenvalue weighted by Gasteiger charge is 2.29. The van der Waals surface area contributed by atoms with Crippen LogP contribution in [0.4, 0.5) is 0 Å². The van der Waals surface area contributed by atoms with Gasteiger partial charge >= 0.3 is 0 Å². The van der Waals surface area contributed by atoms with Crippen molar-refractivity contribution in [3.8, 4) is 5.75 Å². The van der Waals surface area contributed by atoms with Gasteiger partial charge in [-0.05, 0) is 60.5 Å². The van der Waals surface area contributed by atoms with Crippen molar-refractivity contribution in [1.29, 1.82) is 0 Å². The quantitative estimate of drug-likeness (QED) is 0.474. The molecule has 1 heterocycles. The molecule has 0 aliphatic heterocycles. The fraction of sp³-hybridized carbons (Fsp3) is 0.238. The first-order valence-electron chi connectivity index (χ1n) is 8.95. The van der Waals surface area contributed by atoms with Gasteiger partial charge in [0.15, 0.2) is 5.75 Å². The Bertz CT molecular complexity index is 1110. The maximum Gasteiger partial charge on any atom is 0.247 e. The molecule has 3 aromatic rings. The second kappa shape index (κ2) is 9.06. The van der Waals surface area contributed by atoms with Gasteiger partial charge in [-0.2, -0.15) is 4.31 Å². The average molecular weight is 470 g/mol. The van der Waals surface area contributed by atoms with Crippen molar-refractivity contribution in [2.45, 2.75) is 31.7 Å². The summed E-state index contributed by atoms with van der Waals surface area (Å²) in [7, 11) is -4.02. The molecule has 0 bridgehead atoms. The van der Waals surface area contributed by atoms with Gasteiger partial charge in [-0.1, -0.05) is 47.5 Å². The maximum atomic E-state index is 13.4. The van der Waals surface area contributed by atoms with Crippen LogP contribution in [0, 0.1) is 13.8 Å². The number of hydrogen-bond acceptors (Lipinski definition) is 4. The van der Waals surface area contributed by atoms with Gasteiger partial charge in [-0.25, -0.2) is 8.42 Å². The SMILES string of the molecule is Cc1ccc(CCN(Cc2cccs2)S(=O)(=O)c2cc(Cl)cc(Cl)c2O)cc1C. The van der Waals surface area contributed by atoms with E-state index in [1.54, 1.807) is 0 Å². The topological polar surface area (TPSA) is 57.6 Å². The number of benzene rings is 2. The van der Waals surface area contributed by atoms with E-state index < -0.39 is 15.8 Å². The number of phenols is 1. The molecular formula is C21H21Cl2NO3S2. The molecular weight excluding hydrogens is 449 g/mol. The van der Waals surface area contributed by atoms with E-state index in [2.05, 4.69) is 6.07 Å². The largest absolute Gasteiger partial charge is 0.505 e. The normalized spacial score (nSPS) is 11.9. The summed E-state index contributed by atoms with van der Waals surface area (Å²) in [5.41, 5.74) is 3.40. The minimum Gasteiger partial charge on any atom is -0.505 e. The lowest BCUT2D eigenvalue weighted by Gasteiger charge is -2.23. The van der Waals surface area contributed by atoms with Crippen LogP contribution in [-0.4, -0.2) is 24.4 Å². The summed E-state index contributed by atoms with van der Waals surface area (Å²) in [6.07, 6.45) is 0.542. The predicted molar refractivity (Wildman–Crippen MR) is 120 cm³/mol. The maximum absolute atomic E-state index is 13.4. The predicted octanol–water partition coefficient (Wildman–Crippen LogP) is 5.81. The van der Waals surface area contributed by atoms with E-state index in [4.69, 9.17) is 23.2 Å². The molecule has 8 heteroatoms. The Morgan fingerprint density at radius 3 is 2.48 bits per heavy atom. The van der Waals surface area contributed by atoms with Crippen LogP contribution in [0.25, 0.3) is 0 Å². The fourth-order valence-electron chi connectivity index (χ4n) is 2.95. The second-order valence-electron chi connectivity index (χ2n) is 6.82.